The van der Waals surface area contributed by atoms with E-state index in [4.69, 9.17) is 8.37 Å². The van der Waals surface area contributed by atoms with Gasteiger partial charge in [0.15, 0.2) is 0 Å². The molecule has 0 N–H and O–H groups in total. The fourth-order valence-corrected chi connectivity index (χ4v) is 2.58. The molecule has 0 spiro atoms. The van der Waals surface area contributed by atoms with Crippen LogP contribution in [-0.4, -0.2) is 31.0 Å². The molecule has 0 aliphatic carbocycles. The lowest BCUT2D eigenvalue weighted by Crippen LogP contribution is -2.13. The van der Waals surface area contributed by atoms with Gasteiger partial charge in [-0.2, -0.15) is 0 Å². The molecular formula is C7H13NO2S3. The summed E-state index contributed by atoms with van der Waals surface area (Å²) in [5, 5.41) is 0. The summed E-state index contributed by atoms with van der Waals surface area (Å²) in [4.78, 5) is 3.43. The fourth-order valence-electron chi connectivity index (χ4n) is 1.21. The predicted molar refractivity (Wildman–Crippen MR) is 61.7 cm³/mol. The van der Waals surface area contributed by atoms with Gasteiger partial charge in [0.25, 0.3) is 0 Å². The number of nitrogens with zero attached hydrogens (tertiary/aromatic N) is 1. The first-order valence-electron chi connectivity index (χ1n) is 3.88. The van der Waals surface area contributed by atoms with Crippen molar-refractivity contribution < 1.29 is 8.37 Å². The van der Waals surface area contributed by atoms with Gasteiger partial charge in [0.2, 0.25) is 0 Å². The highest BCUT2D eigenvalue weighted by atomic mass is 32.2. The molecule has 3 nitrogen and oxygen atoms in total. The number of thiol groups is 2. The summed E-state index contributed by atoms with van der Waals surface area (Å²) in [6.07, 6.45) is 0.874. The first-order valence-corrected chi connectivity index (χ1v) is 5.60. The molecule has 0 aromatic heterocycles. The highest BCUT2D eigenvalue weighted by Crippen LogP contribution is 2.32. The minimum absolute atomic E-state index is 0.569. The van der Waals surface area contributed by atoms with Crippen LogP contribution in [0.2, 0.25) is 0 Å². The van der Waals surface area contributed by atoms with Crippen LogP contribution >= 0.6 is 37.6 Å². The topological polar surface area (TPSA) is 21.7 Å². The van der Waals surface area contributed by atoms with Crippen molar-refractivity contribution in [3.05, 3.63) is 10.6 Å². The minimum Gasteiger partial charge on any atom is -0.368 e. The van der Waals surface area contributed by atoms with E-state index in [1.54, 1.807) is 11.8 Å². The molecule has 0 aromatic rings. The summed E-state index contributed by atoms with van der Waals surface area (Å²) in [7, 11) is 2.06. The summed E-state index contributed by atoms with van der Waals surface area (Å²) in [5.74, 6) is 0.981. The number of rotatable bonds is 5. The zero-order valence-corrected chi connectivity index (χ0v) is 10.0. The molecular weight excluding hydrogens is 226 g/mol. The second-order valence-corrected chi connectivity index (χ2v) is 4.25. The van der Waals surface area contributed by atoms with Crippen molar-refractivity contribution in [2.75, 3.05) is 26.1 Å². The zero-order chi connectivity index (χ0) is 9.68. The average molecular weight is 239 g/mol. The smallest absolute Gasteiger partial charge is 0.0937 e. The lowest BCUT2D eigenvalue weighted by molar-refractivity contribution is 0.354. The molecule has 1 aliphatic rings. The lowest BCUT2D eigenvalue weighted by Gasteiger charge is -2.14. The van der Waals surface area contributed by atoms with Crippen molar-refractivity contribution in [1.29, 1.82) is 0 Å². The van der Waals surface area contributed by atoms with Crippen LogP contribution in [0.5, 0.6) is 0 Å². The Labute approximate surface area is 94.1 Å². The van der Waals surface area contributed by atoms with Crippen molar-refractivity contribution >= 4 is 37.6 Å². The fraction of sp³-hybridized carbons (Fsp3) is 0.714. The van der Waals surface area contributed by atoms with Gasteiger partial charge in [-0.15, -0.1) is 11.8 Å². The van der Waals surface area contributed by atoms with Crippen LogP contribution in [0.15, 0.2) is 10.6 Å². The maximum atomic E-state index is 4.81. The molecule has 76 valence electrons. The van der Waals surface area contributed by atoms with E-state index in [2.05, 4.69) is 37.8 Å². The standard InChI is InChI=1S/C7H13NO2S3/c1-8-5-13-7(4-10-12)6(8)2-3-9-11/h11-12H,2-5H2,1H3. The zero-order valence-electron chi connectivity index (χ0n) is 7.39. The molecule has 0 bridgehead atoms. The Kier molecular flexibility index (Phi) is 5.42. The van der Waals surface area contributed by atoms with Crippen molar-refractivity contribution in [3.63, 3.8) is 0 Å². The van der Waals surface area contributed by atoms with Gasteiger partial charge in [0.05, 0.1) is 19.1 Å². The van der Waals surface area contributed by atoms with E-state index >= 15 is 0 Å². The Morgan fingerprint density at radius 3 is 2.85 bits per heavy atom. The summed E-state index contributed by atoms with van der Waals surface area (Å²) in [5.41, 5.74) is 1.27. The SMILES string of the molecule is CN1CSC(COS)=C1CCOS. The van der Waals surface area contributed by atoms with Crippen LogP contribution in [0.4, 0.5) is 0 Å². The van der Waals surface area contributed by atoms with E-state index in [0.29, 0.717) is 13.2 Å². The quantitative estimate of drug-likeness (QED) is 0.565. The van der Waals surface area contributed by atoms with E-state index in [-0.39, 0.29) is 0 Å². The van der Waals surface area contributed by atoms with Crippen molar-refractivity contribution in [1.82, 2.24) is 4.90 Å². The van der Waals surface area contributed by atoms with Gasteiger partial charge < -0.3 is 13.3 Å². The monoisotopic (exact) mass is 239 g/mol. The molecule has 0 atom stereocenters. The van der Waals surface area contributed by atoms with E-state index < -0.39 is 0 Å². The third-order valence-corrected chi connectivity index (χ3v) is 3.37. The molecule has 0 unspecified atom stereocenters. The van der Waals surface area contributed by atoms with Gasteiger partial charge in [0.1, 0.15) is 0 Å². The summed E-state index contributed by atoms with van der Waals surface area (Å²) in [6.45, 7) is 1.19. The molecule has 0 aromatic carbocycles. The largest absolute Gasteiger partial charge is 0.368 e. The predicted octanol–water partition coefficient (Wildman–Crippen LogP) is 1.95. The highest BCUT2D eigenvalue weighted by Gasteiger charge is 2.19. The van der Waals surface area contributed by atoms with Crippen LogP contribution in [0.25, 0.3) is 0 Å². The minimum atomic E-state index is 0.569. The van der Waals surface area contributed by atoms with E-state index in [9.17, 15) is 0 Å². The van der Waals surface area contributed by atoms with Crippen LogP contribution in [0, 0.1) is 0 Å². The number of hydrogen-bond donors (Lipinski definition) is 2. The number of thioether (sulfide) groups is 1. The first-order chi connectivity index (χ1) is 6.29. The van der Waals surface area contributed by atoms with E-state index in [0.717, 1.165) is 12.3 Å². The van der Waals surface area contributed by atoms with E-state index in [1.807, 2.05) is 0 Å². The third kappa shape index (κ3) is 3.28. The second kappa shape index (κ2) is 6.08. The van der Waals surface area contributed by atoms with Gasteiger partial charge in [-0.1, -0.05) is 0 Å². The Morgan fingerprint density at radius 2 is 2.23 bits per heavy atom. The first kappa shape index (κ1) is 11.6. The molecule has 1 heterocycles. The summed E-state index contributed by atoms with van der Waals surface area (Å²) in [6, 6.07) is 0. The van der Waals surface area contributed by atoms with Gasteiger partial charge in [-0.3, -0.25) is 0 Å². The molecule has 0 amide bonds. The molecule has 1 aliphatic heterocycles. The van der Waals surface area contributed by atoms with Crippen molar-refractivity contribution in [2.45, 2.75) is 6.42 Å². The molecule has 0 fully saturated rings. The Morgan fingerprint density at radius 1 is 1.46 bits per heavy atom. The molecule has 6 heteroatoms. The molecule has 13 heavy (non-hydrogen) atoms. The maximum Gasteiger partial charge on any atom is 0.0937 e. The van der Waals surface area contributed by atoms with Crippen LogP contribution in [0.3, 0.4) is 0 Å². The van der Waals surface area contributed by atoms with Crippen LogP contribution in [-0.2, 0) is 8.37 Å². The lowest BCUT2D eigenvalue weighted by atomic mass is 10.3. The Hall–Kier alpha value is 0.510. The van der Waals surface area contributed by atoms with Crippen molar-refractivity contribution in [2.24, 2.45) is 0 Å². The Bertz CT molecular complexity index is 198. The molecule has 1 rings (SSSR count). The van der Waals surface area contributed by atoms with Crippen LogP contribution < -0.4 is 0 Å². The number of hydrogen-bond acceptors (Lipinski definition) is 6. The summed E-state index contributed by atoms with van der Waals surface area (Å²) >= 11 is 9.24. The summed E-state index contributed by atoms with van der Waals surface area (Å²) < 4.78 is 9.56. The molecule has 0 saturated carbocycles. The van der Waals surface area contributed by atoms with Gasteiger partial charge in [-0.05, 0) is 25.8 Å². The van der Waals surface area contributed by atoms with Gasteiger partial charge in [-0.25, -0.2) is 0 Å². The Balaban J connectivity index is 2.54. The van der Waals surface area contributed by atoms with Crippen LogP contribution in [0.1, 0.15) is 6.42 Å². The highest BCUT2D eigenvalue weighted by molar-refractivity contribution is 8.03. The second-order valence-electron chi connectivity index (χ2n) is 2.70. The maximum absolute atomic E-state index is 4.81. The third-order valence-electron chi connectivity index (χ3n) is 1.84. The van der Waals surface area contributed by atoms with Crippen molar-refractivity contribution in [3.8, 4) is 0 Å². The average Bonchev–Trinajstić information content (AvgIpc) is 2.45. The molecule has 0 radical (unpaired) electrons. The molecule has 0 saturated heterocycles. The van der Waals surface area contributed by atoms with Gasteiger partial charge >= 0.3 is 0 Å². The van der Waals surface area contributed by atoms with E-state index in [1.165, 1.54) is 10.6 Å². The normalized spacial score (nSPS) is 17.3. The van der Waals surface area contributed by atoms with Gasteiger partial charge in [0, 0.05) is 24.1 Å².